The van der Waals surface area contributed by atoms with Gasteiger partial charge in [-0.3, -0.25) is 9.59 Å². The molecule has 2 amide bonds. The molecule has 5 rings (SSSR count). The van der Waals surface area contributed by atoms with Crippen LogP contribution in [0.4, 0.5) is 5.69 Å². The molecule has 0 heterocycles. The van der Waals surface area contributed by atoms with Gasteiger partial charge in [0.15, 0.2) is 0 Å². The van der Waals surface area contributed by atoms with Gasteiger partial charge in [0, 0.05) is 10.4 Å². The molecule has 0 radical (unpaired) electrons. The van der Waals surface area contributed by atoms with Crippen LogP contribution in [0.1, 0.15) is 56.6 Å². The van der Waals surface area contributed by atoms with Crippen molar-refractivity contribution in [3.8, 4) is 0 Å². The lowest BCUT2D eigenvalue weighted by atomic mass is 9.56. The van der Waals surface area contributed by atoms with Gasteiger partial charge in [0.25, 0.3) is 0 Å². The van der Waals surface area contributed by atoms with Crippen LogP contribution < -0.4 is 10.6 Å². The number of anilines is 1. The predicted molar refractivity (Wildman–Crippen MR) is 116 cm³/mol. The third-order valence-electron chi connectivity index (χ3n) is 6.95. The number of aryl methyl sites for hydroxylation is 2. The number of hydrogen-bond donors (Lipinski definition) is 2. The minimum atomic E-state index is -0.169. The zero-order valence-corrected chi connectivity index (χ0v) is 18.0. The monoisotopic (exact) mass is 400 g/mol. The van der Waals surface area contributed by atoms with Crippen LogP contribution in [-0.2, 0) is 9.59 Å². The average molecular weight is 401 g/mol. The molecule has 0 spiro atoms. The largest absolute Gasteiger partial charge is 0.346 e. The van der Waals surface area contributed by atoms with Crippen molar-refractivity contribution in [3.05, 3.63) is 29.3 Å². The van der Waals surface area contributed by atoms with Gasteiger partial charge in [0.1, 0.15) is 0 Å². The predicted octanol–water partition coefficient (Wildman–Crippen LogP) is 4.45. The summed E-state index contributed by atoms with van der Waals surface area (Å²) in [6.07, 6.45) is 8.10. The second kappa shape index (κ2) is 7.74. The third-order valence-corrected chi connectivity index (χ3v) is 8.51. The van der Waals surface area contributed by atoms with Gasteiger partial charge < -0.3 is 10.6 Å². The molecule has 28 heavy (non-hydrogen) atoms. The van der Waals surface area contributed by atoms with Gasteiger partial charge in [-0.05, 0) is 88.2 Å². The molecule has 0 aromatic heterocycles. The Kier molecular flexibility index (Phi) is 5.47. The molecule has 0 saturated heterocycles. The minimum Gasteiger partial charge on any atom is -0.346 e. The molecule has 1 aromatic carbocycles. The molecule has 5 heteroatoms. The first-order valence-electron chi connectivity index (χ1n) is 10.7. The van der Waals surface area contributed by atoms with E-state index in [1.54, 1.807) is 0 Å². The van der Waals surface area contributed by atoms with Crippen LogP contribution in [0.15, 0.2) is 18.2 Å². The third kappa shape index (κ3) is 4.10. The van der Waals surface area contributed by atoms with Crippen LogP contribution in [0.2, 0.25) is 0 Å². The van der Waals surface area contributed by atoms with E-state index in [1.165, 1.54) is 38.5 Å². The smallest absolute Gasteiger partial charge is 0.243 e. The first-order valence-corrected chi connectivity index (χ1v) is 11.5. The lowest BCUT2D eigenvalue weighted by Gasteiger charge is -2.57. The average Bonchev–Trinajstić information content (AvgIpc) is 2.61. The summed E-state index contributed by atoms with van der Waals surface area (Å²) in [4.78, 5) is 25.0. The summed E-state index contributed by atoms with van der Waals surface area (Å²) < 4.78 is 0.312. The summed E-state index contributed by atoms with van der Waals surface area (Å²) in [5, 5.41) is 5.68. The van der Waals surface area contributed by atoms with E-state index in [0.29, 0.717) is 4.75 Å². The Morgan fingerprint density at radius 1 is 1.07 bits per heavy atom. The fourth-order valence-corrected chi connectivity index (χ4v) is 8.05. The van der Waals surface area contributed by atoms with Crippen molar-refractivity contribution in [2.24, 2.45) is 17.8 Å². The first-order chi connectivity index (χ1) is 13.3. The highest BCUT2D eigenvalue weighted by atomic mass is 32.2. The molecule has 4 nitrogen and oxygen atoms in total. The number of carbonyl (C=O) groups is 2. The number of amides is 2. The number of benzene rings is 1. The Morgan fingerprint density at radius 3 is 2.14 bits per heavy atom. The number of rotatable bonds is 6. The van der Waals surface area contributed by atoms with Crippen LogP contribution in [0.5, 0.6) is 0 Å². The van der Waals surface area contributed by atoms with Crippen molar-refractivity contribution >= 4 is 29.3 Å². The van der Waals surface area contributed by atoms with Gasteiger partial charge in [-0.15, -0.1) is 11.8 Å². The molecule has 4 aliphatic rings. The van der Waals surface area contributed by atoms with E-state index in [-0.39, 0.29) is 23.6 Å². The normalized spacial score (nSPS) is 31.5. The van der Waals surface area contributed by atoms with E-state index in [1.807, 2.05) is 50.7 Å². The number of para-hydroxylation sites is 1. The Labute approximate surface area is 172 Å². The zero-order chi connectivity index (χ0) is 19.9. The maximum atomic E-state index is 12.6. The Bertz CT molecular complexity index is 720. The summed E-state index contributed by atoms with van der Waals surface area (Å²) in [6, 6.07) is 5.93. The van der Waals surface area contributed by atoms with Crippen molar-refractivity contribution < 1.29 is 9.59 Å². The molecule has 2 N–H and O–H groups in total. The summed E-state index contributed by atoms with van der Waals surface area (Å²) in [7, 11) is 0. The second-order valence-electron chi connectivity index (χ2n) is 9.39. The van der Waals surface area contributed by atoms with Gasteiger partial charge in [0.05, 0.1) is 11.8 Å². The number of nitrogens with one attached hydrogen (secondary N) is 2. The molecule has 4 saturated carbocycles. The van der Waals surface area contributed by atoms with Gasteiger partial charge in [-0.1, -0.05) is 18.2 Å². The minimum absolute atomic E-state index is 0.0163. The summed E-state index contributed by atoms with van der Waals surface area (Å²) in [5.74, 6) is 2.47. The molecule has 4 aliphatic carbocycles. The molecule has 1 aromatic rings. The molecular weight excluding hydrogens is 368 g/mol. The van der Waals surface area contributed by atoms with Crippen LogP contribution >= 0.6 is 11.8 Å². The molecule has 4 fully saturated rings. The highest BCUT2D eigenvalue weighted by Crippen LogP contribution is 2.61. The molecule has 4 bridgehead atoms. The van der Waals surface area contributed by atoms with Gasteiger partial charge in [-0.2, -0.15) is 0 Å². The number of carbonyl (C=O) groups excluding carboxylic acids is 2. The second-order valence-corrected chi connectivity index (χ2v) is 11.2. The summed E-state index contributed by atoms with van der Waals surface area (Å²) >= 11 is 1.88. The van der Waals surface area contributed by atoms with Gasteiger partial charge in [-0.25, -0.2) is 0 Å². The maximum Gasteiger partial charge on any atom is 0.243 e. The maximum absolute atomic E-state index is 12.6. The zero-order valence-electron chi connectivity index (χ0n) is 17.2. The Hall–Kier alpha value is -1.49. The lowest BCUT2D eigenvalue weighted by Crippen LogP contribution is -2.50. The van der Waals surface area contributed by atoms with Crippen molar-refractivity contribution in [1.82, 2.24) is 5.32 Å². The van der Waals surface area contributed by atoms with Crippen molar-refractivity contribution in [2.75, 3.05) is 11.9 Å². The molecular formula is C23H32N2O2S. The van der Waals surface area contributed by atoms with E-state index in [2.05, 4.69) is 10.6 Å². The highest BCUT2D eigenvalue weighted by molar-refractivity contribution is 8.01. The fraction of sp³-hybridized carbons (Fsp3) is 0.652. The fourth-order valence-electron chi connectivity index (χ4n) is 6.11. The van der Waals surface area contributed by atoms with Crippen LogP contribution in [0, 0.1) is 31.6 Å². The van der Waals surface area contributed by atoms with Gasteiger partial charge in [0.2, 0.25) is 11.8 Å². The molecule has 152 valence electrons. The van der Waals surface area contributed by atoms with E-state index in [9.17, 15) is 9.59 Å². The van der Waals surface area contributed by atoms with Crippen LogP contribution in [0.3, 0.4) is 0 Å². The molecule has 0 aliphatic heterocycles. The summed E-state index contributed by atoms with van der Waals surface area (Å²) in [5.41, 5.74) is 2.91. The molecule has 0 unspecified atom stereocenters. The standard InChI is InChI=1S/C23H32N2O2S/c1-14-5-4-6-15(2)21(14)25-20(26)13-24-22(27)16(3)28-23-10-17-7-18(11-23)9-19(8-17)12-23/h4-6,16-19H,7-13H2,1-3H3,(H,24,27)(H,25,26)/t16-,17?,18?,19?,23?/m0/s1. The highest BCUT2D eigenvalue weighted by Gasteiger charge is 2.52. The van der Waals surface area contributed by atoms with E-state index in [0.717, 1.165) is 34.6 Å². The first kappa shape index (κ1) is 19.8. The van der Waals surface area contributed by atoms with Crippen molar-refractivity contribution in [3.63, 3.8) is 0 Å². The molecule has 1 atom stereocenters. The van der Waals surface area contributed by atoms with Crippen LogP contribution in [0.25, 0.3) is 0 Å². The van der Waals surface area contributed by atoms with E-state index in [4.69, 9.17) is 0 Å². The lowest BCUT2D eigenvalue weighted by molar-refractivity contribution is -0.123. The Morgan fingerprint density at radius 2 is 1.61 bits per heavy atom. The Balaban J connectivity index is 1.28. The quantitative estimate of drug-likeness (QED) is 0.742. The number of thioether (sulfide) groups is 1. The van der Waals surface area contributed by atoms with Gasteiger partial charge >= 0.3 is 0 Å². The number of hydrogen-bond acceptors (Lipinski definition) is 3. The summed E-state index contributed by atoms with van der Waals surface area (Å²) in [6.45, 7) is 5.98. The topological polar surface area (TPSA) is 58.2 Å². The van der Waals surface area contributed by atoms with Crippen molar-refractivity contribution in [2.45, 2.75) is 69.3 Å². The van der Waals surface area contributed by atoms with Crippen LogP contribution in [-0.4, -0.2) is 28.4 Å². The van der Waals surface area contributed by atoms with E-state index >= 15 is 0 Å². The van der Waals surface area contributed by atoms with E-state index < -0.39 is 0 Å². The van der Waals surface area contributed by atoms with Crippen molar-refractivity contribution in [1.29, 1.82) is 0 Å². The SMILES string of the molecule is Cc1cccc(C)c1NC(=O)CNC(=O)[C@H](C)SC12CC3CC(CC(C3)C1)C2.